The van der Waals surface area contributed by atoms with Crippen molar-refractivity contribution in [2.75, 3.05) is 6.61 Å². The number of thiophene rings is 1. The van der Waals surface area contributed by atoms with E-state index in [1.165, 1.54) is 29.9 Å². The Balaban J connectivity index is 1.45. The number of carbonyl (C=O) groups excluding carboxylic acids is 1. The Hall–Kier alpha value is -3.27. The monoisotopic (exact) mass is 456 g/mol. The first-order valence-corrected chi connectivity index (χ1v) is 11.4. The second-order valence-corrected chi connectivity index (χ2v) is 8.74. The summed E-state index contributed by atoms with van der Waals surface area (Å²) in [5.74, 6) is 1.15. The van der Waals surface area contributed by atoms with Crippen LogP contribution >= 0.6 is 11.3 Å². The van der Waals surface area contributed by atoms with Gasteiger partial charge < -0.3 is 14.2 Å². The topological polar surface area (TPSA) is 112 Å². The predicted molar refractivity (Wildman–Crippen MR) is 118 cm³/mol. The van der Waals surface area contributed by atoms with Gasteiger partial charge in [-0.15, -0.1) is 11.3 Å². The number of hydrogen-bond donors (Lipinski definition) is 0. The molecule has 2 heterocycles. The summed E-state index contributed by atoms with van der Waals surface area (Å²) >= 11 is 1.52. The molecule has 3 aromatic rings. The van der Waals surface area contributed by atoms with Gasteiger partial charge in [0, 0.05) is 17.7 Å². The molecule has 0 saturated heterocycles. The predicted octanol–water partition coefficient (Wildman–Crippen LogP) is 4.76. The van der Waals surface area contributed by atoms with Crippen LogP contribution in [0.2, 0.25) is 0 Å². The lowest BCUT2D eigenvalue weighted by Gasteiger charge is -2.33. The number of benzene rings is 1. The van der Waals surface area contributed by atoms with Gasteiger partial charge in [0.25, 0.3) is 11.6 Å². The number of amides is 1. The van der Waals surface area contributed by atoms with Gasteiger partial charge in [-0.3, -0.25) is 14.9 Å². The first-order chi connectivity index (χ1) is 15.5. The van der Waals surface area contributed by atoms with Crippen LogP contribution in [0.4, 0.5) is 5.69 Å². The number of nitro groups is 1. The van der Waals surface area contributed by atoms with Crippen LogP contribution in [-0.4, -0.2) is 38.5 Å². The molecule has 0 bridgehead atoms. The molecular formula is C22H24N4O5S. The number of aryl methyl sites for hydroxylation is 1. The Morgan fingerprint density at radius 3 is 2.81 bits per heavy atom. The quantitative estimate of drug-likeness (QED) is 0.355. The number of carbonyl (C=O) groups is 1. The molecule has 0 unspecified atom stereocenters. The van der Waals surface area contributed by atoms with E-state index in [4.69, 9.17) is 9.26 Å². The second-order valence-electron chi connectivity index (χ2n) is 7.80. The highest BCUT2D eigenvalue weighted by Gasteiger charge is 2.28. The van der Waals surface area contributed by atoms with E-state index in [9.17, 15) is 14.9 Å². The molecule has 2 aromatic heterocycles. The summed E-state index contributed by atoms with van der Waals surface area (Å²) in [6.45, 7) is 1.70. The Morgan fingerprint density at radius 2 is 2.12 bits per heavy atom. The normalized spacial score (nSPS) is 14.3. The largest absolute Gasteiger partial charge is 0.484 e. The van der Waals surface area contributed by atoms with E-state index in [1.54, 1.807) is 17.9 Å². The average Bonchev–Trinajstić information content (AvgIpc) is 3.48. The van der Waals surface area contributed by atoms with Crippen molar-refractivity contribution < 1.29 is 19.0 Å². The molecule has 0 N–H and O–H groups in total. The van der Waals surface area contributed by atoms with Crippen molar-refractivity contribution >= 4 is 22.9 Å². The van der Waals surface area contributed by atoms with Gasteiger partial charge in [-0.25, -0.2) is 0 Å². The van der Waals surface area contributed by atoms with Crippen LogP contribution in [0, 0.1) is 17.0 Å². The molecule has 0 radical (unpaired) electrons. The van der Waals surface area contributed by atoms with Gasteiger partial charge in [0.05, 0.1) is 9.80 Å². The zero-order chi connectivity index (χ0) is 22.5. The molecule has 168 valence electrons. The maximum atomic E-state index is 13.1. The van der Waals surface area contributed by atoms with Crippen molar-refractivity contribution in [2.45, 2.75) is 51.6 Å². The Bertz CT molecular complexity index is 1080. The standard InChI is InChI=1S/C22H24N4O5S/c1-15-12-17(9-10-18(15)26(28)29)30-14-21(27)25(16-6-3-2-4-7-16)13-20-23-22(24-31-20)19-8-5-11-32-19/h5,8-12,16H,2-4,6-7,13-14H2,1H3. The Labute approximate surface area is 189 Å². The lowest BCUT2D eigenvalue weighted by atomic mass is 9.94. The maximum absolute atomic E-state index is 13.1. The molecule has 1 amide bonds. The molecule has 32 heavy (non-hydrogen) atoms. The van der Waals surface area contributed by atoms with Gasteiger partial charge in [0.1, 0.15) is 12.3 Å². The van der Waals surface area contributed by atoms with Gasteiger partial charge in [0.2, 0.25) is 11.7 Å². The van der Waals surface area contributed by atoms with E-state index in [0.717, 1.165) is 30.6 Å². The number of rotatable bonds is 8. The highest BCUT2D eigenvalue weighted by Crippen LogP contribution is 2.27. The molecule has 9 nitrogen and oxygen atoms in total. The van der Waals surface area contributed by atoms with Gasteiger partial charge >= 0.3 is 0 Å². The summed E-state index contributed by atoms with van der Waals surface area (Å²) in [5.41, 5.74) is 0.501. The second kappa shape index (κ2) is 9.90. The summed E-state index contributed by atoms with van der Waals surface area (Å²) in [5, 5.41) is 17.0. The summed E-state index contributed by atoms with van der Waals surface area (Å²) in [7, 11) is 0. The average molecular weight is 457 g/mol. The Morgan fingerprint density at radius 1 is 1.31 bits per heavy atom. The SMILES string of the molecule is Cc1cc(OCC(=O)N(Cc2nc(-c3cccs3)no2)C2CCCCC2)ccc1[N+](=O)[O-]. The summed E-state index contributed by atoms with van der Waals surface area (Å²) in [6.07, 6.45) is 5.16. The molecule has 0 aliphatic heterocycles. The van der Waals surface area contributed by atoms with Gasteiger partial charge in [-0.2, -0.15) is 4.98 Å². The van der Waals surface area contributed by atoms with Gasteiger partial charge in [0.15, 0.2) is 6.61 Å². The van der Waals surface area contributed by atoms with Crippen molar-refractivity contribution in [3.63, 3.8) is 0 Å². The zero-order valence-corrected chi connectivity index (χ0v) is 18.5. The third-order valence-electron chi connectivity index (χ3n) is 5.58. The maximum Gasteiger partial charge on any atom is 0.272 e. The minimum atomic E-state index is -0.441. The highest BCUT2D eigenvalue weighted by atomic mass is 32.1. The van der Waals surface area contributed by atoms with Crippen molar-refractivity contribution in [1.29, 1.82) is 0 Å². The van der Waals surface area contributed by atoms with Crippen LogP contribution in [0.5, 0.6) is 5.75 Å². The number of nitrogens with zero attached hydrogens (tertiary/aromatic N) is 4. The van der Waals surface area contributed by atoms with E-state index >= 15 is 0 Å². The molecule has 1 saturated carbocycles. The summed E-state index contributed by atoms with van der Waals surface area (Å²) in [6, 6.07) is 8.40. The smallest absolute Gasteiger partial charge is 0.272 e. The van der Waals surface area contributed by atoms with E-state index in [1.807, 2.05) is 17.5 Å². The van der Waals surface area contributed by atoms with Crippen molar-refractivity contribution in [3.05, 3.63) is 57.3 Å². The van der Waals surface area contributed by atoms with Crippen LogP contribution in [0.25, 0.3) is 10.7 Å². The summed E-state index contributed by atoms with van der Waals surface area (Å²) < 4.78 is 11.1. The van der Waals surface area contributed by atoms with E-state index in [-0.39, 0.29) is 30.8 Å². The van der Waals surface area contributed by atoms with Crippen molar-refractivity contribution in [2.24, 2.45) is 0 Å². The lowest BCUT2D eigenvalue weighted by Crippen LogP contribution is -2.43. The number of ether oxygens (including phenoxy) is 1. The van der Waals surface area contributed by atoms with E-state index in [0.29, 0.717) is 23.0 Å². The first-order valence-electron chi connectivity index (χ1n) is 10.5. The molecule has 1 fully saturated rings. The lowest BCUT2D eigenvalue weighted by molar-refractivity contribution is -0.385. The minimum absolute atomic E-state index is 0.0189. The fourth-order valence-corrected chi connectivity index (χ4v) is 4.58. The zero-order valence-electron chi connectivity index (χ0n) is 17.7. The molecule has 0 atom stereocenters. The Kier molecular flexibility index (Phi) is 6.79. The number of aromatic nitrogens is 2. The summed E-state index contributed by atoms with van der Waals surface area (Å²) in [4.78, 5) is 30.8. The molecule has 1 aliphatic rings. The molecule has 10 heteroatoms. The van der Waals surface area contributed by atoms with Gasteiger partial charge in [-0.05, 0) is 43.3 Å². The first kappa shape index (κ1) is 21.9. The van der Waals surface area contributed by atoms with E-state index in [2.05, 4.69) is 10.1 Å². The van der Waals surface area contributed by atoms with E-state index < -0.39 is 4.92 Å². The fraction of sp³-hybridized carbons (Fsp3) is 0.409. The minimum Gasteiger partial charge on any atom is -0.484 e. The van der Waals surface area contributed by atoms with Crippen molar-refractivity contribution in [1.82, 2.24) is 15.0 Å². The third-order valence-corrected chi connectivity index (χ3v) is 6.44. The molecular weight excluding hydrogens is 432 g/mol. The van der Waals surface area contributed by atoms with Crippen LogP contribution in [0.1, 0.15) is 43.6 Å². The van der Waals surface area contributed by atoms with Crippen LogP contribution in [0.3, 0.4) is 0 Å². The van der Waals surface area contributed by atoms with Crippen molar-refractivity contribution in [3.8, 4) is 16.5 Å². The number of hydrogen-bond acceptors (Lipinski definition) is 8. The molecule has 4 rings (SSSR count). The fourth-order valence-electron chi connectivity index (χ4n) is 3.93. The highest BCUT2D eigenvalue weighted by molar-refractivity contribution is 7.13. The molecule has 0 spiro atoms. The van der Waals surface area contributed by atoms with Crippen LogP contribution < -0.4 is 4.74 Å². The van der Waals surface area contributed by atoms with Crippen LogP contribution in [0.15, 0.2) is 40.2 Å². The molecule has 1 aliphatic carbocycles. The van der Waals surface area contributed by atoms with Crippen LogP contribution in [-0.2, 0) is 11.3 Å². The third kappa shape index (κ3) is 5.13. The number of nitro benzene ring substituents is 1. The molecule has 1 aromatic carbocycles. The van der Waals surface area contributed by atoms with Gasteiger partial charge in [-0.1, -0.05) is 30.5 Å².